The minimum Gasteiger partial charge on any atom is -0.274 e. The molecule has 148 valence electrons. The molecule has 8 heteroatoms. The van der Waals surface area contributed by atoms with E-state index in [2.05, 4.69) is 15.3 Å². The van der Waals surface area contributed by atoms with Crippen molar-refractivity contribution in [3.8, 4) is 5.82 Å². The quantitative estimate of drug-likeness (QED) is 0.339. The number of hydrogen-bond donors (Lipinski definition) is 0. The Bertz CT molecular complexity index is 1030. The first-order valence-corrected chi connectivity index (χ1v) is 10.5. The summed E-state index contributed by atoms with van der Waals surface area (Å²) in [6.07, 6.45) is 1.63. The summed E-state index contributed by atoms with van der Waals surface area (Å²) >= 11 is 1.61. The van der Waals surface area contributed by atoms with Gasteiger partial charge in [0.15, 0.2) is 5.82 Å². The van der Waals surface area contributed by atoms with Gasteiger partial charge in [-0.1, -0.05) is 12.1 Å². The van der Waals surface area contributed by atoms with Crippen LogP contribution >= 0.6 is 11.8 Å². The Kier molecular flexibility index (Phi) is 5.44. The van der Waals surface area contributed by atoms with Crippen molar-refractivity contribution in [1.82, 2.24) is 24.9 Å². The molecule has 2 amide bonds. The number of carbonyl (C=O) groups is 2. The van der Waals surface area contributed by atoms with Crippen LogP contribution in [0.15, 0.2) is 47.5 Å². The Morgan fingerprint density at radius 2 is 1.66 bits per heavy atom. The Hall–Kier alpha value is -3.00. The molecule has 3 heterocycles. The van der Waals surface area contributed by atoms with Gasteiger partial charge >= 0.3 is 0 Å². The van der Waals surface area contributed by atoms with Gasteiger partial charge in [0.25, 0.3) is 11.8 Å². The second-order valence-corrected chi connectivity index (χ2v) is 8.05. The number of nitrogens with zero attached hydrogens (tertiary/aromatic N) is 5. The predicted octanol–water partition coefficient (Wildman–Crippen LogP) is 3.45. The van der Waals surface area contributed by atoms with Gasteiger partial charge in [0.1, 0.15) is 5.03 Å². The normalized spacial score (nSPS) is 13.2. The van der Waals surface area contributed by atoms with Gasteiger partial charge in [-0.2, -0.15) is 5.10 Å². The summed E-state index contributed by atoms with van der Waals surface area (Å²) in [5, 5.41) is 13.8. The smallest absolute Gasteiger partial charge is 0.261 e. The lowest BCUT2D eigenvalue weighted by atomic mass is 10.1. The number of rotatable bonds is 7. The van der Waals surface area contributed by atoms with Crippen molar-refractivity contribution in [1.29, 1.82) is 0 Å². The van der Waals surface area contributed by atoms with Crippen LogP contribution in [-0.2, 0) is 0 Å². The molecule has 1 aliphatic rings. The Labute approximate surface area is 173 Å². The highest BCUT2D eigenvalue weighted by molar-refractivity contribution is 7.99. The van der Waals surface area contributed by atoms with Gasteiger partial charge in [-0.3, -0.25) is 14.5 Å². The number of unbranched alkanes of at least 4 members (excludes halogenated alkanes) is 1. The fraction of sp³-hybridized carbons (Fsp3) is 0.286. The number of fused-ring (bicyclic) bond motifs is 1. The average molecular weight is 407 g/mol. The summed E-state index contributed by atoms with van der Waals surface area (Å²) in [5.41, 5.74) is 2.97. The van der Waals surface area contributed by atoms with E-state index in [-0.39, 0.29) is 11.8 Å². The van der Waals surface area contributed by atoms with E-state index < -0.39 is 0 Å². The van der Waals surface area contributed by atoms with E-state index in [9.17, 15) is 9.59 Å². The second-order valence-electron chi connectivity index (χ2n) is 6.93. The van der Waals surface area contributed by atoms with Crippen LogP contribution in [0.2, 0.25) is 0 Å². The molecule has 0 fully saturated rings. The summed E-state index contributed by atoms with van der Waals surface area (Å²) in [6, 6.07) is 12.8. The topological polar surface area (TPSA) is 81.0 Å². The monoisotopic (exact) mass is 407 g/mol. The van der Waals surface area contributed by atoms with Gasteiger partial charge in [0.05, 0.1) is 16.8 Å². The summed E-state index contributed by atoms with van der Waals surface area (Å²) in [7, 11) is 0. The van der Waals surface area contributed by atoms with Crippen LogP contribution in [0.4, 0.5) is 0 Å². The van der Waals surface area contributed by atoms with Crippen molar-refractivity contribution in [2.75, 3.05) is 12.3 Å². The standard InChI is InChI=1S/C21H21N5O2S/c1-14-13-15(2)26(24-14)18-9-10-19(23-22-18)29-12-6-5-11-25-20(27)16-7-3-4-8-17(16)21(25)28/h3-4,7-10,13H,5-6,11-12H2,1-2H3. The van der Waals surface area contributed by atoms with Crippen LogP contribution in [-0.4, -0.2) is 49.0 Å². The summed E-state index contributed by atoms with van der Waals surface area (Å²) in [4.78, 5) is 26.0. The molecule has 0 aliphatic carbocycles. The molecule has 0 unspecified atom stereocenters. The van der Waals surface area contributed by atoms with Gasteiger partial charge < -0.3 is 0 Å². The minimum absolute atomic E-state index is 0.191. The van der Waals surface area contributed by atoms with Gasteiger partial charge in [-0.15, -0.1) is 22.0 Å². The highest BCUT2D eigenvalue weighted by Gasteiger charge is 2.34. The molecule has 3 aromatic rings. The third-order valence-corrected chi connectivity index (χ3v) is 5.76. The zero-order valence-corrected chi connectivity index (χ0v) is 17.1. The third-order valence-electron chi connectivity index (χ3n) is 4.76. The van der Waals surface area contributed by atoms with E-state index in [1.165, 1.54) is 4.90 Å². The van der Waals surface area contributed by atoms with E-state index in [1.54, 1.807) is 40.7 Å². The molecular weight excluding hydrogens is 386 g/mol. The maximum atomic E-state index is 12.3. The predicted molar refractivity (Wildman–Crippen MR) is 110 cm³/mol. The molecule has 7 nitrogen and oxygen atoms in total. The highest BCUT2D eigenvalue weighted by atomic mass is 32.2. The van der Waals surface area contributed by atoms with Gasteiger partial charge in [0, 0.05) is 12.2 Å². The lowest BCUT2D eigenvalue weighted by Gasteiger charge is -2.13. The lowest BCUT2D eigenvalue weighted by molar-refractivity contribution is 0.0652. The number of hydrogen-bond acceptors (Lipinski definition) is 6. The van der Waals surface area contributed by atoms with Gasteiger partial charge in [-0.25, -0.2) is 4.68 Å². The van der Waals surface area contributed by atoms with Crippen molar-refractivity contribution >= 4 is 23.6 Å². The SMILES string of the molecule is Cc1cc(C)n(-c2ccc(SCCCCN3C(=O)c4ccccc4C3=O)nn2)n1. The first-order chi connectivity index (χ1) is 14.0. The fourth-order valence-corrected chi connectivity index (χ4v) is 4.18. The Morgan fingerprint density at radius 3 is 2.24 bits per heavy atom. The lowest BCUT2D eigenvalue weighted by Crippen LogP contribution is -2.30. The Morgan fingerprint density at radius 1 is 0.931 bits per heavy atom. The van der Waals surface area contributed by atoms with Crippen molar-refractivity contribution in [2.45, 2.75) is 31.7 Å². The number of thioether (sulfide) groups is 1. The van der Waals surface area contributed by atoms with Crippen LogP contribution in [0.1, 0.15) is 44.9 Å². The van der Waals surface area contributed by atoms with E-state index in [0.717, 1.165) is 35.0 Å². The molecular formula is C21H21N5O2S. The van der Waals surface area contributed by atoms with Gasteiger partial charge in [0.2, 0.25) is 0 Å². The van der Waals surface area contributed by atoms with Crippen LogP contribution in [0, 0.1) is 13.8 Å². The van der Waals surface area contributed by atoms with Crippen molar-refractivity contribution < 1.29 is 9.59 Å². The van der Waals surface area contributed by atoms with Crippen LogP contribution in [0.5, 0.6) is 0 Å². The zero-order valence-electron chi connectivity index (χ0n) is 16.3. The first kappa shape index (κ1) is 19.3. The van der Waals surface area contributed by atoms with Crippen LogP contribution < -0.4 is 0 Å². The molecule has 4 rings (SSSR count). The number of benzene rings is 1. The molecule has 0 bridgehead atoms. The third kappa shape index (κ3) is 3.93. The Balaban J connectivity index is 1.25. The number of carbonyl (C=O) groups excluding carboxylic acids is 2. The fourth-order valence-electron chi connectivity index (χ4n) is 3.35. The summed E-state index contributed by atoms with van der Waals surface area (Å²) in [5.74, 6) is 1.16. The van der Waals surface area contributed by atoms with E-state index in [0.29, 0.717) is 23.5 Å². The largest absolute Gasteiger partial charge is 0.274 e. The number of aromatic nitrogens is 4. The number of amides is 2. The molecule has 1 aromatic carbocycles. The second kappa shape index (κ2) is 8.16. The van der Waals surface area contributed by atoms with Crippen molar-refractivity contribution in [3.63, 3.8) is 0 Å². The molecule has 0 saturated heterocycles. The molecule has 0 radical (unpaired) electrons. The van der Waals surface area contributed by atoms with Gasteiger partial charge in [-0.05, 0) is 62.8 Å². The zero-order chi connectivity index (χ0) is 20.4. The summed E-state index contributed by atoms with van der Waals surface area (Å²) < 4.78 is 1.78. The van der Waals surface area contributed by atoms with Crippen molar-refractivity contribution in [2.24, 2.45) is 0 Å². The maximum Gasteiger partial charge on any atom is 0.261 e. The minimum atomic E-state index is -0.191. The number of aryl methyl sites for hydroxylation is 2. The van der Waals surface area contributed by atoms with Crippen molar-refractivity contribution in [3.05, 3.63) is 65.0 Å². The van der Waals surface area contributed by atoms with E-state index in [4.69, 9.17) is 0 Å². The maximum absolute atomic E-state index is 12.3. The average Bonchev–Trinajstić information content (AvgIpc) is 3.19. The highest BCUT2D eigenvalue weighted by Crippen LogP contribution is 2.23. The molecule has 2 aromatic heterocycles. The molecule has 0 spiro atoms. The molecule has 0 saturated carbocycles. The summed E-state index contributed by atoms with van der Waals surface area (Å²) in [6.45, 7) is 4.37. The van der Waals surface area contributed by atoms with E-state index >= 15 is 0 Å². The number of imide groups is 1. The molecule has 29 heavy (non-hydrogen) atoms. The van der Waals surface area contributed by atoms with Crippen LogP contribution in [0.25, 0.3) is 5.82 Å². The first-order valence-electron chi connectivity index (χ1n) is 9.50. The van der Waals surface area contributed by atoms with Crippen LogP contribution in [0.3, 0.4) is 0 Å². The molecule has 0 atom stereocenters. The molecule has 1 aliphatic heterocycles. The van der Waals surface area contributed by atoms with E-state index in [1.807, 2.05) is 32.0 Å². The molecule has 0 N–H and O–H groups in total.